The zero-order chi connectivity index (χ0) is 20.3. The molecule has 0 spiro atoms. The Morgan fingerprint density at radius 3 is 2.61 bits per heavy atom. The lowest BCUT2D eigenvalue weighted by molar-refractivity contribution is 0.133. The molecule has 3 rings (SSSR count). The lowest BCUT2D eigenvalue weighted by Crippen LogP contribution is -2.30. The van der Waals surface area contributed by atoms with Crippen molar-refractivity contribution >= 4 is 32.8 Å². The van der Waals surface area contributed by atoms with E-state index in [1.54, 1.807) is 32.0 Å². The van der Waals surface area contributed by atoms with Crippen LogP contribution in [0.15, 0.2) is 47.4 Å². The summed E-state index contributed by atoms with van der Waals surface area (Å²) in [5.74, 6) is 0. The van der Waals surface area contributed by atoms with Crippen LogP contribution in [0.2, 0.25) is 0 Å². The fourth-order valence-electron chi connectivity index (χ4n) is 2.76. The zero-order valence-electron chi connectivity index (χ0n) is 15.8. The maximum Gasteiger partial charge on any atom is 0.437 e. The molecule has 148 valence electrons. The van der Waals surface area contributed by atoms with Crippen molar-refractivity contribution in [3.8, 4) is 0 Å². The maximum atomic E-state index is 12.7. The Kier molecular flexibility index (Phi) is 5.61. The minimum atomic E-state index is -3.66. The van der Waals surface area contributed by atoms with E-state index in [0.717, 1.165) is 10.4 Å². The summed E-state index contributed by atoms with van der Waals surface area (Å²) in [6.07, 6.45) is -0.769. The molecule has 3 aromatic rings. The third-order valence-corrected chi connectivity index (χ3v) is 6.21. The fourth-order valence-corrected chi connectivity index (χ4v) is 4.24. The molecule has 0 radical (unpaired) electrons. The average molecular weight is 403 g/mol. The van der Waals surface area contributed by atoms with E-state index in [4.69, 9.17) is 4.84 Å². The van der Waals surface area contributed by atoms with Crippen molar-refractivity contribution in [2.24, 2.45) is 0 Å². The van der Waals surface area contributed by atoms with Gasteiger partial charge in [-0.15, -0.1) is 5.10 Å². The molecule has 28 heavy (non-hydrogen) atoms. The summed E-state index contributed by atoms with van der Waals surface area (Å²) in [4.78, 5) is 18.3. The molecule has 2 aromatic carbocycles. The molecule has 10 heteroatoms. The van der Waals surface area contributed by atoms with Crippen molar-refractivity contribution in [1.29, 1.82) is 0 Å². The standard InChI is InChI=1S/C18H21N5O4S/c1-4-22(5-2)28(25,26)15-9-10-16-17(12-15)23(21-20-16)27-18(24)19-14-8-6-7-13(3)11-14/h6-12H,4-5H2,1-3H3,(H,19,24). The third kappa shape index (κ3) is 3.97. The minimum Gasteiger partial charge on any atom is -0.297 e. The number of amides is 1. The topological polar surface area (TPSA) is 106 Å². The number of nitrogens with zero attached hydrogens (tertiary/aromatic N) is 4. The molecule has 0 bridgehead atoms. The molecule has 0 atom stereocenters. The number of rotatable bonds is 6. The smallest absolute Gasteiger partial charge is 0.297 e. The van der Waals surface area contributed by atoms with Crippen LogP contribution in [0.1, 0.15) is 19.4 Å². The van der Waals surface area contributed by atoms with Crippen LogP contribution in [0, 0.1) is 6.92 Å². The summed E-state index contributed by atoms with van der Waals surface area (Å²) in [5.41, 5.74) is 2.23. The normalized spacial score (nSPS) is 11.7. The highest BCUT2D eigenvalue weighted by atomic mass is 32.2. The van der Waals surface area contributed by atoms with Gasteiger partial charge >= 0.3 is 6.09 Å². The predicted octanol–water partition coefficient (Wildman–Crippen LogP) is 2.43. The molecular weight excluding hydrogens is 382 g/mol. The lowest BCUT2D eigenvalue weighted by Gasteiger charge is -2.18. The molecule has 0 saturated carbocycles. The van der Waals surface area contributed by atoms with Gasteiger partial charge in [-0.2, -0.15) is 4.31 Å². The summed E-state index contributed by atoms with van der Waals surface area (Å²) in [7, 11) is -3.66. The number of hydrogen-bond donors (Lipinski definition) is 1. The Morgan fingerprint density at radius 2 is 1.93 bits per heavy atom. The highest BCUT2D eigenvalue weighted by Gasteiger charge is 2.23. The molecule has 1 amide bonds. The highest BCUT2D eigenvalue weighted by Crippen LogP contribution is 2.20. The van der Waals surface area contributed by atoms with Gasteiger partial charge in [-0.25, -0.2) is 13.2 Å². The van der Waals surface area contributed by atoms with E-state index in [9.17, 15) is 13.2 Å². The van der Waals surface area contributed by atoms with Gasteiger partial charge in [0.25, 0.3) is 0 Å². The Bertz CT molecular complexity index is 1110. The third-order valence-electron chi connectivity index (χ3n) is 4.16. The highest BCUT2D eigenvalue weighted by molar-refractivity contribution is 7.89. The number of aromatic nitrogens is 3. The van der Waals surface area contributed by atoms with E-state index >= 15 is 0 Å². The Morgan fingerprint density at radius 1 is 1.18 bits per heavy atom. The summed E-state index contributed by atoms with van der Waals surface area (Å²) >= 11 is 0. The predicted molar refractivity (Wildman–Crippen MR) is 104 cm³/mol. The first-order valence-corrected chi connectivity index (χ1v) is 10.2. The van der Waals surface area contributed by atoms with Crippen LogP contribution in [-0.4, -0.2) is 47.1 Å². The van der Waals surface area contributed by atoms with Gasteiger partial charge in [-0.05, 0) is 48.0 Å². The van der Waals surface area contributed by atoms with Crippen molar-refractivity contribution in [2.45, 2.75) is 25.7 Å². The average Bonchev–Trinajstić information content (AvgIpc) is 3.04. The number of carbonyl (C=O) groups excluding carboxylic acids is 1. The van der Waals surface area contributed by atoms with E-state index in [-0.39, 0.29) is 10.4 Å². The van der Waals surface area contributed by atoms with Crippen molar-refractivity contribution in [3.05, 3.63) is 48.0 Å². The summed E-state index contributed by atoms with van der Waals surface area (Å²) in [6, 6.07) is 11.6. The zero-order valence-corrected chi connectivity index (χ0v) is 16.6. The van der Waals surface area contributed by atoms with Gasteiger partial charge in [0.2, 0.25) is 10.0 Å². The Hall–Kier alpha value is -2.98. The van der Waals surface area contributed by atoms with Crippen LogP contribution in [0.4, 0.5) is 10.5 Å². The molecule has 0 aliphatic rings. The molecule has 0 aliphatic heterocycles. The summed E-state index contributed by atoms with van der Waals surface area (Å²) in [5, 5.41) is 10.3. The summed E-state index contributed by atoms with van der Waals surface area (Å²) < 4.78 is 26.8. The number of fused-ring (bicyclic) bond motifs is 1. The molecular formula is C18H21N5O4S. The molecule has 0 aliphatic carbocycles. The van der Waals surface area contributed by atoms with Gasteiger partial charge in [-0.1, -0.05) is 30.8 Å². The van der Waals surface area contributed by atoms with Crippen LogP contribution >= 0.6 is 0 Å². The minimum absolute atomic E-state index is 0.0787. The van der Waals surface area contributed by atoms with Gasteiger partial charge < -0.3 is 0 Å². The number of aryl methyl sites for hydroxylation is 1. The lowest BCUT2D eigenvalue weighted by atomic mass is 10.2. The fraction of sp³-hybridized carbons (Fsp3) is 0.278. The Balaban J connectivity index is 1.87. The SMILES string of the molecule is CCN(CC)S(=O)(=O)c1ccc2nnn(OC(=O)Nc3cccc(C)c3)c2c1. The number of carbonyl (C=O) groups is 1. The van der Waals surface area contributed by atoms with Gasteiger partial charge in [0, 0.05) is 18.8 Å². The van der Waals surface area contributed by atoms with E-state index in [0.29, 0.717) is 24.3 Å². The van der Waals surface area contributed by atoms with Gasteiger partial charge in [0.1, 0.15) is 11.0 Å². The van der Waals surface area contributed by atoms with Gasteiger partial charge in [0.15, 0.2) is 0 Å². The van der Waals surface area contributed by atoms with Crippen molar-refractivity contribution in [2.75, 3.05) is 18.4 Å². The van der Waals surface area contributed by atoms with E-state index in [1.165, 1.54) is 22.5 Å². The second-order valence-electron chi connectivity index (χ2n) is 6.08. The largest absolute Gasteiger partial charge is 0.437 e. The number of benzene rings is 2. The quantitative estimate of drug-likeness (QED) is 0.634. The first kappa shape index (κ1) is 19.8. The van der Waals surface area contributed by atoms with Crippen molar-refractivity contribution < 1.29 is 18.0 Å². The molecule has 1 N–H and O–H groups in total. The van der Waals surface area contributed by atoms with Gasteiger partial charge in [-0.3, -0.25) is 10.2 Å². The first-order valence-electron chi connectivity index (χ1n) is 8.76. The van der Waals surface area contributed by atoms with Crippen LogP contribution in [0.5, 0.6) is 0 Å². The monoisotopic (exact) mass is 403 g/mol. The van der Waals surface area contributed by atoms with Crippen LogP contribution < -0.4 is 10.2 Å². The molecule has 0 unspecified atom stereocenters. The van der Waals surface area contributed by atoms with Gasteiger partial charge in [0.05, 0.1) is 4.90 Å². The number of hydrogen-bond acceptors (Lipinski definition) is 6. The van der Waals surface area contributed by atoms with Crippen molar-refractivity contribution in [1.82, 2.24) is 19.5 Å². The van der Waals surface area contributed by atoms with Crippen LogP contribution in [0.25, 0.3) is 11.0 Å². The second-order valence-corrected chi connectivity index (χ2v) is 8.01. The first-order chi connectivity index (χ1) is 13.3. The molecule has 9 nitrogen and oxygen atoms in total. The van der Waals surface area contributed by atoms with Crippen LogP contribution in [0.3, 0.4) is 0 Å². The number of sulfonamides is 1. The van der Waals surface area contributed by atoms with Crippen LogP contribution in [-0.2, 0) is 10.0 Å². The maximum absolute atomic E-state index is 12.7. The van der Waals surface area contributed by atoms with E-state index < -0.39 is 16.1 Å². The van der Waals surface area contributed by atoms with Crippen molar-refractivity contribution in [3.63, 3.8) is 0 Å². The number of nitrogens with one attached hydrogen (secondary N) is 1. The van der Waals surface area contributed by atoms with E-state index in [1.807, 2.05) is 13.0 Å². The Labute approximate surface area is 162 Å². The molecule has 1 heterocycles. The summed E-state index contributed by atoms with van der Waals surface area (Å²) in [6.45, 7) is 6.14. The van der Waals surface area contributed by atoms with E-state index in [2.05, 4.69) is 15.6 Å². The molecule has 0 fully saturated rings. The second kappa shape index (κ2) is 7.95. The molecule has 1 aromatic heterocycles. The number of anilines is 1. The molecule has 0 saturated heterocycles.